The Labute approximate surface area is 235 Å². The number of imidazole rings is 1. The summed E-state index contributed by atoms with van der Waals surface area (Å²) in [6, 6.07) is 3.55. The van der Waals surface area contributed by atoms with Crippen molar-refractivity contribution >= 4 is 35.6 Å². The van der Waals surface area contributed by atoms with Crippen LogP contribution in [0.4, 0.5) is 0 Å². The highest BCUT2D eigenvalue weighted by Crippen LogP contribution is 2.07. The molecule has 0 radical (unpaired) electrons. The van der Waals surface area contributed by atoms with Gasteiger partial charge in [-0.15, -0.1) is 0 Å². The van der Waals surface area contributed by atoms with Gasteiger partial charge >= 0.3 is 5.97 Å². The van der Waals surface area contributed by atoms with Gasteiger partial charge in [-0.3, -0.25) is 24.2 Å². The second-order valence-corrected chi connectivity index (χ2v) is 9.22. The molecule has 16 nitrogen and oxygen atoms in total. The Morgan fingerprint density at radius 2 is 1.54 bits per heavy atom. The van der Waals surface area contributed by atoms with Gasteiger partial charge in [0.15, 0.2) is 5.96 Å². The number of nitrogens with one attached hydrogen (secondary N) is 4. The molecule has 0 aliphatic rings. The van der Waals surface area contributed by atoms with Crippen molar-refractivity contribution in [3.05, 3.63) is 54.1 Å². The summed E-state index contributed by atoms with van der Waals surface area (Å²) in [5.41, 5.74) is 23.0. The van der Waals surface area contributed by atoms with Crippen LogP contribution < -0.4 is 38.9 Å². The number of carboxylic acids is 1. The van der Waals surface area contributed by atoms with Crippen molar-refractivity contribution in [3.63, 3.8) is 0 Å². The molecule has 0 fully saturated rings. The van der Waals surface area contributed by atoms with Crippen molar-refractivity contribution in [1.82, 2.24) is 25.9 Å². The van der Waals surface area contributed by atoms with Crippen molar-refractivity contribution in [2.24, 2.45) is 27.9 Å². The van der Waals surface area contributed by atoms with Crippen LogP contribution in [-0.2, 0) is 36.8 Å². The molecule has 0 saturated heterocycles. The second-order valence-electron chi connectivity index (χ2n) is 9.22. The Morgan fingerprint density at radius 1 is 0.902 bits per heavy atom. The molecule has 4 amide bonds. The Hall–Kier alpha value is -4.99. The van der Waals surface area contributed by atoms with Gasteiger partial charge in [-0.05, 0) is 18.4 Å². The topological polar surface area (TPSA) is 287 Å². The van der Waals surface area contributed by atoms with Gasteiger partial charge in [-0.2, -0.15) is 0 Å². The number of benzene rings is 1. The summed E-state index contributed by atoms with van der Waals surface area (Å²) >= 11 is 0. The molecule has 0 saturated carbocycles. The Balaban J connectivity index is 2.18. The molecule has 16 heteroatoms. The minimum absolute atomic E-state index is 0.0123. The summed E-state index contributed by atoms with van der Waals surface area (Å²) in [5.74, 6) is -4.75. The van der Waals surface area contributed by atoms with E-state index in [0.29, 0.717) is 11.3 Å². The highest BCUT2D eigenvalue weighted by Gasteiger charge is 2.31. The molecule has 2 aromatic rings. The van der Waals surface area contributed by atoms with Crippen molar-refractivity contribution in [1.29, 1.82) is 0 Å². The van der Waals surface area contributed by atoms with E-state index >= 15 is 0 Å². The van der Waals surface area contributed by atoms with Crippen LogP contribution >= 0.6 is 0 Å². The number of guanidine groups is 1. The van der Waals surface area contributed by atoms with E-state index < -0.39 is 60.2 Å². The van der Waals surface area contributed by atoms with Gasteiger partial charge < -0.3 is 49.0 Å². The van der Waals surface area contributed by atoms with Gasteiger partial charge in [-0.1, -0.05) is 30.3 Å². The van der Waals surface area contributed by atoms with Crippen molar-refractivity contribution in [3.8, 4) is 0 Å². The lowest BCUT2D eigenvalue weighted by Crippen LogP contribution is -2.58. The smallest absolute Gasteiger partial charge is 0.326 e. The van der Waals surface area contributed by atoms with E-state index in [0.717, 1.165) is 0 Å². The zero-order chi connectivity index (χ0) is 30.4. The van der Waals surface area contributed by atoms with E-state index in [1.54, 1.807) is 30.3 Å². The summed E-state index contributed by atoms with van der Waals surface area (Å²) in [6.45, 7) is 0.156. The molecule has 1 heterocycles. The normalized spacial score (nSPS) is 13.6. The van der Waals surface area contributed by atoms with Crippen LogP contribution in [0.15, 0.2) is 47.8 Å². The molecular formula is C25H36N10O6. The average molecular weight is 573 g/mol. The fourth-order valence-corrected chi connectivity index (χ4v) is 3.78. The fourth-order valence-electron chi connectivity index (χ4n) is 3.78. The number of hydrogen-bond acceptors (Lipinski definition) is 8. The number of hydrogen-bond donors (Lipinski definition) is 9. The number of rotatable bonds is 17. The first-order valence-corrected chi connectivity index (χ1v) is 12.7. The van der Waals surface area contributed by atoms with Crippen molar-refractivity contribution < 1.29 is 29.1 Å². The lowest BCUT2D eigenvalue weighted by molar-refractivity contribution is -0.142. The van der Waals surface area contributed by atoms with Gasteiger partial charge in [0.1, 0.15) is 18.1 Å². The third-order valence-electron chi connectivity index (χ3n) is 5.85. The van der Waals surface area contributed by atoms with Crippen LogP contribution in [0, 0.1) is 0 Å². The van der Waals surface area contributed by atoms with Crippen LogP contribution in [0.25, 0.3) is 0 Å². The van der Waals surface area contributed by atoms with Gasteiger partial charge in [0.2, 0.25) is 23.6 Å². The molecule has 0 aliphatic carbocycles. The SMILES string of the molecule is NC(=O)CC(NC(=O)C(N)Cc1cnc[nH]1)C(=O)NC(Cc1ccccc1)C(=O)NC(CCCN=C(N)N)C(=O)O. The third-order valence-corrected chi connectivity index (χ3v) is 5.85. The Morgan fingerprint density at radius 3 is 2.12 bits per heavy atom. The van der Waals surface area contributed by atoms with E-state index in [-0.39, 0.29) is 38.2 Å². The number of amides is 4. The quantitative estimate of drug-likeness (QED) is 0.0525. The molecule has 13 N–H and O–H groups in total. The van der Waals surface area contributed by atoms with Crippen LogP contribution in [0.1, 0.15) is 30.5 Å². The first kappa shape index (κ1) is 32.2. The number of nitrogens with two attached hydrogens (primary N) is 4. The average Bonchev–Trinajstić information content (AvgIpc) is 3.42. The number of aromatic nitrogens is 2. The van der Waals surface area contributed by atoms with Crippen LogP contribution in [0.5, 0.6) is 0 Å². The zero-order valence-electron chi connectivity index (χ0n) is 22.3. The van der Waals surface area contributed by atoms with E-state index in [1.165, 1.54) is 12.5 Å². The maximum absolute atomic E-state index is 13.2. The molecule has 2 rings (SSSR count). The molecule has 1 aromatic heterocycles. The minimum Gasteiger partial charge on any atom is -0.480 e. The molecule has 4 atom stereocenters. The van der Waals surface area contributed by atoms with Crippen LogP contribution in [0.2, 0.25) is 0 Å². The Kier molecular flexibility index (Phi) is 12.7. The van der Waals surface area contributed by atoms with E-state index in [9.17, 15) is 29.1 Å². The van der Waals surface area contributed by atoms with E-state index in [4.69, 9.17) is 22.9 Å². The number of nitrogens with zero attached hydrogens (tertiary/aromatic N) is 2. The fraction of sp³-hybridized carbons (Fsp3) is 0.400. The first-order chi connectivity index (χ1) is 19.5. The summed E-state index contributed by atoms with van der Waals surface area (Å²) < 4.78 is 0. The monoisotopic (exact) mass is 572 g/mol. The number of carbonyl (C=O) groups excluding carboxylic acids is 4. The van der Waals surface area contributed by atoms with Crippen LogP contribution in [0.3, 0.4) is 0 Å². The number of aromatic amines is 1. The summed E-state index contributed by atoms with van der Waals surface area (Å²) in [7, 11) is 0. The number of carbonyl (C=O) groups is 5. The summed E-state index contributed by atoms with van der Waals surface area (Å²) in [6.07, 6.45) is 2.66. The first-order valence-electron chi connectivity index (χ1n) is 12.7. The molecule has 0 spiro atoms. The highest BCUT2D eigenvalue weighted by molar-refractivity contribution is 5.96. The number of carboxylic acid groups (broad SMARTS) is 1. The maximum Gasteiger partial charge on any atom is 0.326 e. The van der Waals surface area contributed by atoms with Gasteiger partial charge in [0.05, 0.1) is 18.8 Å². The van der Waals surface area contributed by atoms with E-state index in [2.05, 4.69) is 30.9 Å². The van der Waals surface area contributed by atoms with Crippen LogP contribution in [-0.4, -0.2) is 81.3 Å². The number of aliphatic carboxylic acids is 1. The zero-order valence-corrected chi connectivity index (χ0v) is 22.3. The lowest BCUT2D eigenvalue weighted by Gasteiger charge is -2.25. The third kappa shape index (κ3) is 11.7. The van der Waals surface area contributed by atoms with Crippen molar-refractivity contribution in [2.45, 2.75) is 56.3 Å². The van der Waals surface area contributed by atoms with Gasteiger partial charge in [0, 0.05) is 31.3 Å². The van der Waals surface area contributed by atoms with Crippen molar-refractivity contribution in [2.75, 3.05) is 6.54 Å². The maximum atomic E-state index is 13.2. The number of H-pyrrole nitrogens is 1. The standard InChI is InChI=1S/C25H36N10O6/c26-16(10-15-12-30-13-32-15)21(37)34-19(11-20(27)36)23(39)35-18(9-14-5-2-1-3-6-14)22(38)33-17(24(40)41)7-4-8-31-25(28)29/h1-3,5-6,12-13,16-19H,4,7-11,26H2,(H2,27,36)(H,30,32)(H,33,38)(H,34,37)(H,35,39)(H,40,41)(H4,28,29,31). The lowest BCUT2D eigenvalue weighted by atomic mass is 10.0. The van der Waals surface area contributed by atoms with Gasteiger partial charge in [-0.25, -0.2) is 9.78 Å². The predicted octanol–water partition coefficient (Wildman–Crippen LogP) is -3.01. The molecule has 222 valence electrons. The Bertz CT molecular complexity index is 1200. The molecule has 4 unspecified atom stereocenters. The minimum atomic E-state index is -1.45. The molecule has 41 heavy (non-hydrogen) atoms. The van der Waals surface area contributed by atoms with Gasteiger partial charge in [0.25, 0.3) is 0 Å². The summed E-state index contributed by atoms with van der Waals surface area (Å²) in [4.78, 5) is 73.1. The largest absolute Gasteiger partial charge is 0.480 e. The van der Waals surface area contributed by atoms with E-state index in [1.807, 2.05) is 0 Å². The number of aliphatic imine (C=N–C) groups is 1. The molecule has 1 aromatic carbocycles. The second kappa shape index (κ2) is 16.2. The molecular weight excluding hydrogens is 536 g/mol. The summed E-state index contributed by atoms with van der Waals surface area (Å²) in [5, 5.41) is 16.9. The molecule has 0 bridgehead atoms. The number of primary amides is 1. The molecule has 0 aliphatic heterocycles. The predicted molar refractivity (Wildman–Crippen MR) is 148 cm³/mol. The highest BCUT2D eigenvalue weighted by atomic mass is 16.4.